The number of anilines is 1. The Morgan fingerprint density at radius 1 is 1.05 bits per heavy atom. The molecule has 2 aromatic heterocycles. The highest BCUT2D eigenvalue weighted by Gasteiger charge is 2.61. The zero-order valence-corrected chi connectivity index (χ0v) is 19.7. The Morgan fingerprint density at radius 2 is 1.82 bits per heavy atom. The van der Waals surface area contributed by atoms with Gasteiger partial charge < -0.3 is 19.3 Å². The van der Waals surface area contributed by atoms with E-state index in [1.54, 1.807) is 12.1 Å². The first-order valence-electron chi connectivity index (χ1n) is 12.1. The fourth-order valence-corrected chi connectivity index (χ4v) is 5.96. The quantitative estimate of drug-likeness (QED) is 0.382. The molecular formula is C26H20F5N5O2. The fourth-order valence-electron chi connectivity index (χ4n) is 5.96. The standard InChI is InChI=1S/C26H20F5N5O2/c27-23(28)38-20-3-1-2-14-6-15-8-19(21(14)20)36-18-7-13(4-5-17(18)34-22(15)36)16-9-32-24(33-10-16)35-11-25(37,12-35)26(29,30)31/h1-5,7,9-10,15,19,23,37H,6,8,11-12H2/t15-,19-/m1/s1. The maximum Gasteiger partial charge on any atom is 0.420 e. The van der Waals surface area contributed by atoms with E-state index >= 15 is 0 Å². The molecule has 12 heteroatoms. The number of halogens is 5. The Balaban J connectivity index is 1.22. The number of aromatic nitrogens is 4. The van der Waals surface area contributed by atoms with Crippen molar-refractivity contribution in [1.82, 2.24) is 19.5 Å². The van der Waals surface area contributed by atoms with Gasteiger partial charge in [-0.25, -0.2) is 15.0 Å². The first-order valence-corrected chi connectivity index (χ1v) is 12.1. The van der Waals surface area contributed by atoms with Crippen LogP contribution in [0.25, 0.3) is 22.2 Å². The Hall–Kier alpha value is -3.80. The average Bonchev–Trinajstić information content (AvgIpc) is 3.36. The third-order valence-corrected chi connectivity index (χ3v) is 7.76. The van der Waals surface area contributed by atoms with Crippen molar-refractivity contribution in [3.63, 3.8) is 0 Å². The van der Waals surface area contributed by atoms with Gasteiger partial charge in [-0.1, -0.05) is 18.2 Å². The number of aliphatic hydroxyl groups is 1. The summed E-state index contributed by atoms with van der Waals surface area (Å²) in [6.07, 6.45) is -0.222. The first kappa shape index (κ1) is 23.3. The molecule has 1 N–H and O–H groups in total. The van der Waals surface area contributed by atoms with Crippen LogP contribution in [0.3, 0.4) is 0 Å². The summed E-state index contributed by atoms with van der Waals surface area (Å²) in [5, 5.41) is 9.68. The number of benzene rings is 2. The predicted octanol–water partition coefficient (Wildman–Crippen LogP) is 4.84. The molecule has 1 fully saturated rings. The van der Waals surface area contributed by atoms with Gasteiger partial charge in [0.25, 0.3) is 0 Å². The van der Waals surface area contributed by atoms with Gasteiger partial charge in [-0.2, -0.15) is 22.0 Å². The van der Waals surface area contributed by atoms with E-state index in [9.17, 15) is 27.1 Å². The van der Waals surface area contributed by atoms with E-state index in [1.165, 1.54) is 17.3 Å². The van der Waals surface area contributed by atoms with E-state index in [2.05, 4.69) is 14.5 Å². The van der Waals surface area contributed by atoms with Crippen LogP contribution in [0.1, 0.15) is 35.3 Å². The van der Waals surface area contributed by atoms with Crippen molar-refractivity contribution in [3.8, 4) is 16.9 Å². The summed E-state index contributed by atoms with van der Waals surface area (Å²) in [6, 6.07) is 10.7. The number of alkyl halides is 5. The van der Waals surface area contributed by atoms with Crippen molar-refractivity contribution < 1.29 is 31.8 Å². The van der Waals surface area contributed by atoms with E-state index in [-0.39, 0.29) is 23.7 Å². The van der Waals surface area contributed by atoms with Crippen molar-refractivity contribution in [2.24, 2.45) is 0 Å². The van der Waals surface area contributed by atoms with E-state index in [0.29, 0.717) is 12.0 Å². The molecule has 38 heavy (non-hydrogen) atoms. The molecular weight excluding hydrogens is 509 g/mol. The third-order valence-electron chi connectivity index (χ3n) is 7.76. The van der Waals surface area contributed by atoms with Gasteiger partial charge in [-0.15, -0.1) is 0 Å². The van der Waals surface area contributed by atoms with Crippen LogP contribution in [0.15, 0.2) is 48.8 Å². The largest absolute Gasteiger partial charge is 0.434 e. The zero-order chi connectivity index (χ0) is 26.4. The number of rotatable bonds is 4. The minimum absolute atomic E-state index is 0.103. The monoisotopic (exact) mass is 529 g/mol. The maximum atomic E-state index is 13.1. The van der Waals surface area contributed by atoms with Gasteiger partial charge in [0, 0.05) is 29.4 Å². The number of β-amino-alcohol motifs (C(OH)–C–C–N with tert-alkyl or cyclic N) is 1. The molecule has 1 saturated heterocycles. The van der Waals surface area contributed by atoms with E-state index in [0.717, 1.165) is 40.0 Å². The molecule has 4 heterocycles. The van der Waals surface area contributed by atoms with Crippen LogP contribution in [0.5, 0.6) is 5.75 Å². The molecule has 0 spiro atoms. The molecule has 2 aliphatic heterocycles. The van der Waals surface area contributed by atoms with Crippen LogP contribution in [-0.2, 0) is 6.42 Å². The van der Waals surface area contributed by atoms with Crippen molar-refractivity contribution in [2.75, 3.05) is 18.0 Å². The fraction of sp³-hybridized carbons (Fsp3) is 0.346. The predicted molar refractivity (Wildman–Crippen MR) is 126 cm³/mol. The summed E-state index contributed by atoms with van der Waals surface area (Å²) in [5.74, 6) is 1.35. The Labute approximate surface area is 212 Å². The van der Waals surface area contributed by atoms with Gasteiger partial charge >= 0.3 is 12.8 Å². The Bertz CT molecular complexity index is 1560. The molecule has 0 saturated carbocycles. The summed E-state index contributed by atoms with van der Waals surface area (Å²) in [7, 11) is 0. The number of imidazole rings is 1. The molecule has 0 radical (unpaired) electrons. The molecule has 7 rings (SSSR count). The Kier molecular flexibility index (Phi) is 4.82. The second kappa shape index (κ2) is 7.85. The molecule has 0 unspecified atom stereocenters. The third kappa shape index (κ3) is 3.39. The van der Waals surface area contributed by atoms with Gasteiger partial charge in [0.2, 0.25) is 5.95 Å². The minimum atomic E-state index is -4.71. The summed E-state index contributed by atoms with van der Waals surface area (Å²) >= 11 is 0. The number of hydrogen-bond acceptors (Lipinski definition) is 6. The van der Waals surface area contributed by atoms with Crippen LogP contribution in [0.4, 0.5) is 27.9 Å². The second-order valence-corrected chi connectivity index (χ2v) is 10.1. The van der Waals surface area contributed by atoms with Gasteiger partial charge in [0.15, 0.2) is 5.60 Å². The molecule has 2 bridgehead atoms. The average molecular weight is 529 g/mol. The van der Waals surface area contributed by atoms with E-state index < -0.39 is 31.5 Å². The minimum Gasteiger partial charge on any atom is -0.434 e. The van der Waals surface area contributed by atoms with Gasteiger partial charge in [0.05, 0.1) is 30.2 Å². The van der Waals surface area contributed by atoms with Crippen molar-refractivity contribution in [3.05, 3.63) is 65.7 Å². The number of hydrogen-bond donors (Lipinski definition) is 1. The number of ether oxygens (including phenoxy) is 1. The second-order valence-electron chi connectivity index (χ2n) is 10.1. The van der Waals surface area contributed by atoms with Crippen molar-refractivity contribution in [1.29, 1.82) is 0 Å². The molecule has 1 aliphatic carbocycles. The van der Waals surface area contributed by atoms with Gasteiger partial charge in [0.1, 0.15) is 11.6 Å². The molecule has 0 amide bonds. The SMILES string of the molecule is OC1(C(F)(F)F)CN(c2ncc(-c3ccc4nc5n(c4c3)[C@@H]3C[C@H]5Cc4cccc(OC(F)F)c43)cn2)C1. The highest BCUT2D eigenvalue weighted by molar-refractivity contribution is 5.83. The van der Waals surface area contributed by atoms with Crippen LogP contribution in [0.2, 0.25) is 0 Å². The van der Waals surface area contributed by atoms with Crippen LogP contribution >= 0.6 is 0 Å². The smallest absolute Gasteiger partial charge is 0.420 e. The van der Waals surface area contributed by atoms with Crippen LogP contribution < -0.4 is 9.64 Å². The lowest BCUT2D eigenvalue weighted by molar-refractivity contribution is -0.267. The molecule has 2 atom stereocenters. The van der Waals surface area contributed by atoms with Crippen LogP contribution in [0, 0.1) is 0 Å². The van der Waals surface area contributed by atoms with Crippen molar-refractivity contribution >= 4 is 17.0 Å². The highest BCUT2D eigenvalue weighted by Crippen LogP contribution is 2.52. The normalized spacial score (nSPS) is 21.4. The summed E-state index contributed by atoms with van der Waals surface area (Å²) in [6.45, 7) is -4.16. The summed E-state index contributed by atoms with van der Waals surface area (Å²) in [4.78, 5) is 14.5. The van der Waals surface area contributed by atoms with Gasteiger partial charge in [-0.05, 0) is 42.2 Å². The lowest BCUT2D eigenvalue weighted by Crippen LogP contribution is -2.69. The topological polar surface area (TPSA) is 76.3 Å². The molecule has 2 aromatic carbocycles. The van der Waals surface area contributed by atoms with E-state index in [4.69, 9.17) is 9.72 Å². The Morgan fingerprint density at radius 3 is 2.53 bits per heavy atom. The molecule has 7 nitrogen and oxygen atoms in total. The van der Waals surface area contributed by atoms with Crippen LogP contribution in [-0.4, -0.2) is 56.1 Å². The maximum absolute atomic E-state index is 13.1. The van der Waals surface area contributed by atoms with E-state index in [1.807, 2.05) is 24.3 Å². The highest BCUT2D eigenvalue weighted by atomic mass is 19.4. The lowest BCUT2D eigenvalue weighted by atomic mass is 9.83. The van der Waals surface area contributed by atoms with Gasteiger partial charge in [-0.3, -0.25) is 0 Å². The van der Waals surface area contributed by atoms with Crippen molar-refractivity contribution in [2.45, 2.75) is 43.2 Å². The molecule has 196 valence electrons. The molecule has 3 aliphatic rings. The first-order chi connectivity index (χ1) is 18.1. The number of fused-ring (bicyclic) bond motifs is 9. The lowest BCUT2D eigenvalue weighted by Gasteiger charge is -2.46. The zero-order valence-electron chi connectivity index (χ0n) is 19.7. The molecule has 4 aromatic rings. The number of nitrogens with zero attached hydrogens (tertiary/aromatic N) is 5. The summed E-state index contributed by atoms with van der Waals surface area (Å²) < 4.78 is 72.0. The summed E-state index contributed by atoms with van der Waals surface area (Å²) in [5.41, 5.74) is 2.03.